The fourth-order valence-corrected chi connectivity index (χ4v) is 5.61. The largest absolute Gasteiger partial charge is 0.287 e. The fraction of sp³-hybridized carbons (Fsp3) is 0.720. The van der Waals surface area contributed by atoms with Crippen molar-refractivity contribution in [3.63, 3.8) is 0 Å². The third-order valence-corrected chi connectivity index (χ3v) is 6.77. The first-order valence-electron chi connectivity index (χ1n) is 11.6. The molecule has 0 aliphatic carbocycles. The van der Waals surface area contributed by atoms with Gasteiger partial charge in [0.15, 0.2) is 0 Å². The minimum Gasteiger partial charge on any atom is -0.287 e. The second-order valence-electron chi connectivity index (χ2n) is 12.0. The van der Waals surface area contributed by atoms with Crippen LogP contribution in [0, 0.1) is 0 Å². The average molecular weight is 442 g/mol. The van der Waals surface area contributed by atoms with Crippen LogP contribution in [-0.4, -0.2) is 61.8 Å². The molecular formula is C25H39N5O2. The highest BCUT2D eigenvalue weighted by molar-refractivity contribution is 5.81. The van der Waals surface area contributed by atoms with Crippen molar-refractivity contribution in [1.82, 2.24) is 15.1 Å². The minimum absolute atomic E-state index is 0.0889. The molecule has 2 radical (unpaired) electrons. The van der Waals surface area contributed by atoms with Crippen LogP contribution in [0.3, 0.4) is 0 Å². The van der Waals surface area contributed by atoms with Crippen molar-refractivity contribution in [2.24, 2.45) is 9.98 Å². The zero-order valence-electron chi connectivity index (χ0n) is 20.9. The van der Waals surface area contributed by atoms with Gasteiger partial charge in [0.1, 0.15) is 0 Å². The van der Waals surface area contributed by atoms with Crippen LogP contribution in [-0.2, 0) is 10.4 Å². The fourth-order valence-electron chi connectivity index (χ4n) is 5.61. The molecular weight excluding hydrogens is 402 g/mol. The summed E-state index contributed by atoms with van der Waals surface area (Å²) in [4.78, 5) is 14.2. The SMILES string of the molecule is CC1(C)CC(N=Cc2cccc(C=NC3CC(C)(C)N([O])C(C)(C)C3)n2)CC(C)(C)N1[O]. The molecule has 0 aromatic carbocycles. The number of aliphatic imine (C=N–C) groups is 2. The van der Waals surface area contributed by atoms with Crippen LogP contribution in [0.4, 0.5) is 0 Å². The van der Waals surface area contributed by atoms with E-state index in [1.54, 1.807) is 0 Å². The van der Waals surface area contributed by atoms with E-state index in [2.05, 4.69) is 4.98 Å². The van der Waals surface area contributed by atoms with Crippen molar-refractivity contribution in [1.29, 1.82) is 0 Å². The van der Waals surface area contributed by atoms with E-state index in [4.69, 9.17) is 9.98 Å². The van der Waals surface area contributed by atoms with Crippen molar-refractivity contribution in [3.8, 4) is 0 Å². The highest BCUT2D eigenvalue weighted by Crippen LogP contribution is 2.39. The summed E-state index contributed by atoms with van der Waals surface area (Å²) in [5, 5.41) is 27.6. The van der Waals surface area contributed by atoms with Crippen molar-refractivity contribution < 1.29 is 10.4 Å². The maximum atomic E-state index is 12.6. The van der Waals surface area contributed by atoms with Crippen molar-refractivity contribution in [2.75, 3.05) is 0 Å². The van der Waals surface area contributed by atoms with Crippen LogP contribution in [0.15, 0.2) is 28.2 Å². The highest BCUT2D eigenvalue weighted by Gasteiger charge is 2.47. The van der Waals surface area contributed by atoms with Crippen LogP contribution in [0.1, 0.15) is 92.5 Å². The van der Waals surface area contributed by atoms with Gasteiger partial charge in [-0.1, -0.05) is 6.07 Å². The van der Waals surface area contributed by atoms with Gasteiger partial charge in [0.25, 0.3) is 0 Å². The molecule has 0 amide bonds. The lowest BCUT2D eigenvalue weighted by molar-refractivity contribution is -0.288. The van der Waals surface area contributed by atoms with E-state index in [1.165, 1.54) is 10.1 Å². The van der Waals surface area contributed by atoms with Gasteiger partial charge in [-0.15, -0.1) is 20.5 Å². The standard InChI is InChI=1S/C25H39N5O2/c1-22(2)12-20(13-23(3,4)29(22)31)26-16-18-10-9-11-19(28-18)17-27-21-14-24(5,6)30(32)25(7,8)15-21/h9-11,16-17,20-21H,12-15H2,1-8H3. The maximum Gasteiger partial charge on any atom is 0.0815 e. The Kier molecular flexibility index (Phi) is 6.71. The van der Waals surface area contributed by atoms with E-state index < -0.39 is 22.2 Å². The molecule has 3 heterocycles. The molecule has 7 nitrogen and oxygen atoms in total. The lowest BCUT2D eigenvalue weighted by Gasteiger charge is -2.48. The molecule has 32 heavy (non-hydrogen) atoms. The molecule has 0 unspecified atom stereocenters. The molecule has 2 aliphatic rings. The Hall–Kier alpha value is -1.67. The molecule has 3 rings (SSSR count). The van der Waals surface area contributed by atoms with Crippen LogP contribution >= 0.6 is 0 Å². The molecule has 0 spiro atoms. The van der Waals surface area contributed by atoms with E-state index in [0.29, 0.717) is 0 Å². The number of pyridine rings is 1. The Bertz CT molecular complexity index is 772. The summed E-state index contributed by atoms with van der Waals surface area (Å²) in [6.07, 6.45) is 6.53. The lowest BCUT2D eigenvalue weighted by atomic mass is 9.79. The number of hydrogen-bond acceptors (Lipinski definition) is 5. The maximum absolute atomic E-state index is 12.6. The van der Waals surface area contributed by atoms with E-state index in [-0.39, 0.29) is 12.1 Å². The summed E-state index contributed by atoms with van der Waals surface area (Å²) >= 11 is 0. The van der Waals surface area contributed by atoms with Crippen molar-refractivity contribution in [3.05, 3.63) is 29.6 Å². The van der Waals surface area contributed by atoms with Gasteiger partial charge in [-0.2, -0.15) is 0 Å². The number of hydrogen-bond donors (Lipinski definition) is 0. The van der Waals surface area contributed by atoms with Gasteiger partial charge in [0.2, 0.25) is 0 Å². The summed E-state index contributed by atoms with van der Waals surface area (Å²) in [5.74, 6) is 0. The second kappa shape index (κ2) is 8.60. The first-order chi connectivity index (χ1) is 14.6. The Balaban J connectivity index is 1.70. The highest BCUT2D eigenvalue weighted by atomic mass is 16.5. The zero-order valence-corrected chi connectivity index (χ0v) is 20.9. The molecule has 0 bridgehead atoms. The van der Waals surface area contributed by atoms with Gasteiger partial charge in [0.05, 0.1) is 23.5 Å². The van der Waals surface area contributed by atoms with Gasteiger partial charge in [-0.3, -0.25) is 9.98 Å². The van der Waals surface area contributed by atoms with Gasteiger partial charge >= 0.3 is 0 Å². The monoisotopic (exact) mass is 441 g/mol. The number of rotatable bonds is 4. The third kappa shape index (κ3) is 5.45. The average Bonchev–Trinajstić information content (AvgIpc) is 2.66. The Morgan fingerprint density at radius 2 is 1.03 bits per heavy atom. The molecule has 0 saturated carbocycles. The Labute approximate surface area is 193 Å². The van der Waals surface area contributed by atoms with Crippen molar-refractivity contribution >= 4 is 12.4 Å². The van der Waals surface area contributed by atoms with Gasteiger partial charge < -0.3 is 0 Å². The van der Waals surface area contributed by atoms with Crippen LogP contribution in [0.2, 0.25) is 0 Å². The zero-order chi connectivity index (χ0) is 23.9. The topological polar surface area (TPSA) is 83.9 Å². The summed E-state index contributed by atoms with van der Waals surface area (Å²) in [7, 11) is 0. The minimum atomic E-state index is -0.438. The quantitative estimate of drug-likeness (QED) is 0.637. The number of hydroxylamine groups is 4. The van der Waals surface area contributed by atoms with E-state index in [0.717, 1.165) is 37.1 Å². The van der Waals surface area contributed by atoms with Gasteiger partial charge in [0, 0.05) is 34.6 Å². The normalized spacial score (nSPS) is 26.8. The second-order valence-corrected chi connectivity index (χ2v) is 12.0. The summed E-state index contributed by atoms with van der Waals surface area (Å²) in [5.41, 5.74) is -0.187. The Morgan fingerprint density at radius 1 is 0.719 bits per heavy atom. The lowest BCUT2D eigenvalue weighted by Crippen LogP contribution is -2.59. The first kappa shape index (κ1) is 25.0. The van der Waals surface area contributed by atoms with Crippen LogP contribution in [0.5, 0.6) is 0 Å². The number of aromatic nitrogens is 1. The van der Waals surface area contributed by atoms with E-state index in [9.17, 15) is 10.4 Å². The summed E-state index contributed by atoms with van der Waals surface area (Å²) in [6.45, 7) is 15.9. The van der Waals surface area contributed by atoms with Crippen molar-refractivity contribution in [2.45, 2.75) is 115 Å². The first-order valence-corrected chi connectivity index (χ1v) is 11.6. The van der Waals surface area contributed by atoms with Crippen LogP contribution < -0.4 is 0 Å². The Morgan fingerprint density at radius 3 is 1.34 bits per heavy atom. The van der Waals surface area contributed by atoms with Crippen LogP contribution in [0.25, 0.3) is 0 Å². The summed E-state index contributed by atoms with van der Waals surface area (Å²) < 4.78 is 0. The molecule has 2 saturated heterocycles. The molecule has 2 aliphatic heterocycles. The number of nitrogens with zero attached hydrogens (tertiary/aromatic N) is 5. The number of piperidine rings is 2. The molecule has 176 valence electrons. The molecule has 1 aromatic rings. The van der Waals surface area contributed by atoms with Gasteiger partial charge in [-0.05, 0) is 93.2 Å². The summed E-state index contributed by atoms with van der Waals surface area (Å²) in [6, 6.07) is 6.00. The molecule has 1 aromatic heterocycles. The molecule has 0 N–H and O–H groups in total. The van der Waals surface area contributed by atoms with Gasteiger partial charge in [-0.25, -0.2) is 4.98 Å². The van der Waals surface area contributed by atoms with E-state index in [1.807, 2.05) is 86.0 Å². The molecule has 7 heteroatoms. The van der Waals surface area contributed by atoms with E-state index >= 15 is 0 Å². The molecule has 0 atom stereocenters. The predicted octanol–water partition coefficient (Wildman–Crippen LogP) is 4.65. The molecule has 2 fully saturated rings. The smallest absolute Gasteiger partial charge is 0.0815 e. The third-order valence-electron chi connectivity index (χ3n) is 6.77. The predicted molar refractivity (Wildman–Crippen MR) is 127 cm³/mol.